The van der Waals surface area contributed by atoms with Crippen molar-refractivity contribution in [2.75, 3.05) is 6.61 Å². The maximum absolute atomic E-state index is 11.9. The Bertz CT molecular complexity index is 593. The number of hydrogen-bond donors (Lipinski definition) is 2. The number of furan rings is 1. The first-order chi connectivity index (χ1) is 10.2. The monoisotopic (exact) mass is 290 g/mol. The molecule has 3 rings (SSSR count). The average Bonchev–Trinajstić information content (AvgIpc) is 3.18. The van der Waals surface area contributed by atoms with Gasteiger partial charge < -0.3 is 24.4 Å². The summed E-state index contributed by atoms with van der Waals surface area (Å²) < 4.78 is 12.8. The van der Waals surface area contributed by atoms with Gasteiger partial charge in [-0.1, -0.05) is 0 Å². The lowest BCUT2D eigenvalue weighted by atomic mass is 10.1. The quantitative estimate of drug-likeness (QED) is 0.890. The number of rotatable bonds is 4. The molecule has 0 aromatic carbocycles. The van der Waals surface area contributed by atoms with Crippen LogP contribution in [-0.2, 0) is 18.3 Å². The second-order valence-corrected chi connectivity index (χ2v) is 4.99. The van der Waals surface area contributed by atoms with E-state index in [2.05, 4.69) is 15.6 Å². The molecule has 0 unspecified atom stereocenters. The van der Waals surface area contributed by atoms with Gasteiger partial charge in [0.2, 0.25) is 0 Å². The fraction of sp³-hybridized carbons (Fsp3) is 0.429. The molecule has 1 saturated heterocycles. The molecule has 1 fully saturated rings. The second-order valence-electron chi connectivity index (χ2n) is 4.99. The van der Waals surface area contributed by atoms with Crippen LogP contribution in [0.1, 0.15) is 24.1 Å². The largest absolute Gasteiger partial charge is 0.467 e. The topological polar surface area (TPSA) is 81.3 Å². The molecule has 2 aromatic heterocycles. The highest BCUT2D eigenvalue weighted by Crippen LogP contribution is 2.27. The summed E-state index contributed by atoms with van der Waals surface area (Å²) in [6.07, 6.45) is 5.73. The van der Waals surface area contributed by atoms with Crippen LogP contribution in [0.25, 0.3) is 0 Å². The number of amides is 2. The van der Waals surface area contributed by atoms with Crippen molar-refractivity contribution in [2.24, 2.45) is 7.05 Å². The van der Waals surface area contributed by atoms with Crippen molar-refractivity contribution in [1.82, 2.24) is 20.2 Å². The molecule has 7 heteroatoms. The summed E-state index contributed by atoms with van der Waals surface area (Å²) in [7, 11) is 1.91. The zero-order valence-corrected chi connectivity index (χ0v) is 11.8. The van der Waals surface area contributed by atoms with E-state index in [1.54, 1.807) is 18.5 Å². The Labute approximate surface area is 122 Å². The predicted octanol–water partition coefficient (Wildman–Crippen LogP) is 1.34. The average molecular weight is 290 g/mol. The van der Waals surface area contributed by atoms with Crippen LogP contribution in [0.2, 0.25) is 0 Å². The number of carbonyl (C=O) groups excluding carboxylic acids is 1. The van der Waals surface area contributed by atoms with Crippen LogP contribution in [0.5, 0.6) is 0 Å². The first-order valence-corrected chi connectivity index (χ1v) is 6.89. The SMILES string of the molecule is Cn1ccnc1[C@H]1OCC[C@@H]1NC(=O)NCc1ccco1. The molecule has 112 valence electrons. The van der Waals surface area contributed by atoms with Gasteiger partial charge >= 0.3 is 6.03 Å². The highest BCUT2D eigenvalue weighted by Gasteiger charge is 2.33. The Balaban J connectivity index is 1.56. The van der Waals surface area contributed by atoms with E-state index in [4.69, 9.17) is 9.15 Å². The number of urea groups is 1. The zero-order valence-electron chi connectivity index (χ0n) is 11.8. The van der Waals surface area contributed by atoms with Gasteiger partial charge in [-0.3, -0.25) is 0 Å². The molecule has 1 aliphatic rings. The van der Waals surface area contributed by atoms with E-state index in [9.17, 15) is 4.79 Å². The number of hydrogen-bond acceptors (Lipinski definition) is 4. The lowest BCUT2D eigenvalue weighted by Gasteiger charge is -2.19. The Morgan fingerprint density at radius 3 is 3.19 bits per heavy atom. The summed E-state index contributed by atoms with van der Waals surface area (Å²) >= 11 is 0. The van der Waals surface area contributed by atoms with Crippen LogP contribution >= 0.6 is 0 Å². The van der Waals surface area contributed by atoms with Gasteiger partial charge in [0.15, 0.2) is 0 Å². The summed E-state index contributed by atoms with van der Waals surface area (Å²) in [6, 6.07) is 3.29. The molecule has 1 aliphatic heterocycles. The van der Waals surface area contributed by atoms with Gasteiger partial charge in [-0.2, -0.15) is 0 Å². The minimum atomic E-state index is -0.235. The van der Waals surface area contributed by atoms with Crippen LogP contribution in [0.15, 0.2) is 35.2 Å². The Morgan fingerprint density at radius 2 is 2.48 bits per heavy atom. The van der Waals surface area contributed by atoms with E-state index >= 15 is 0 Å². The summed E-state index contributed by atoms with van der Waals surface area (Å²) in [4.78, 5) is 16.2. The fourth-order valence-corrected chi connectivity index (χ4v) is 2.44. The van der Waals surface area contributed by atoms with Gasteiger partial charge in [0.25, 0.3) is 0 Å². The maximum atomic E-state index is 11.9. The van der Waals surface area contributed by atoms with Gasteiger partial charge in [-0.15, -0.1) is 0 Å². The molecule has 2 amide bonds. The number of nitrogens with one attached hydrogen (secondary N) is 2. The first-order valence-electron chi connectivity index (χ1n) is 6.89. The van der Waals surface area contributed by atoms with Crippen molar-refractivity contribution < 1.29 is 13.9 Å². The Hall–Kier alpha value is -2.28. The smallest absolute Gasteiger partial charge is 0.315 e. The van der Waals surface area contributed by atoms with Crippen LogP contribution in [-0.4, -0.2) is 28.2 Å². The number of imidazole rings is 1. The molecular formula is C14H18N4O3. The van der Waals surface area contributed by atoms with E-state index < -0.39 is 0 Å². The first kappa shape index (κ1) is 13.7. The van der Waals surface area contributed by atoms with Gasteiger partial charge in [0.1, 0.15) is 17.7 Å². The van der Waals surface area contributed by atoms with Gasteiger partial charge in [-0.25, -0.2) is 9.78 Å². The number of nitrogens with zero attached hydrogens (tertiary/aromatic N) is 2. The Morgan fingerprint density at radius 1 is 1.57 bits per heavy atom. The van der Waals surface area contributed by atoms with Crippen molar-refractivity contribution >= 4 is 6.03 Å². The molecule has 2 N–H and O–H groups in total. The van der Waals surface area contributed by atoms with Crippen molar-refractivity contribution in [3.63, 3.8) is 0 Å². The second kappa shape index (κ2) is 6.01. The molecular weight excluding hydrogens is 272 g/mol. The van der Waals surface area contributed by atoms with E-state index in [1.165, 1.54) is 0 Å². The van der Waals surface area contributed by atoms with Crippen molar-refractivity contribution in [1.29, 1.82) is 0 Å². The third-order valence-electron chi connectivity index (χ3n) is 3.52. The summed E-state index contributed by atoms with van der Waals surface area (Å²) in [5.41, 5.74) is 0. The van der Waals surface area contributed by atoms with Crippen LogP contribution in [0.3, 0.4) is 0 Å². The van der Waals surface area contributed by atoms with E-state index in [1.807, 2.05) is 23.9 Å². The summed E-state index contributed by atoms with van der Waals surface area (Å²) in [6.45, 7) is 0.972. The zero-order chi connectivity index (χ0) is 14.7. The standard InChI is InChI=1S/C14H18N4O3/c1-18-6-5-15-13(18)12-11(4-8-21-12)17-14(19)16-9-10-3-2-7-20-10/h2-3,5-7,11-12H,4,8-9H2,1H3,(H2,16,17,19)/t11-,12-/m0/s1. The van der Waals surface area contributed by atoms with Crippen LogP contribution in [0, 0.1) is 0 Å². The normalized spacial score (nSPS) is 21.4. The minimum absolute atomic E-state index is 0.0808. The van der Waals surface area contributed by atoms with Gasteiger partial charge in [0.05, 0.1) is 18.8 Å². The maximum Gasteiger partial charge on any atom is 0.315 e. The fourth-order valence-electron chi connectivity index (χ4n) is 2.44. The Kier molecular flexibility index (Phi) is 3.92. The van der Waals surface area contributed by atoms with Crippen molar-refractivity contribution in [2.45, 2.75) is 25.1 Å². The number of carbonyl (C=O) groups is 1. The number of aromatic nitrogens is 2. The molecule has 0 saturated carbocycles. The predicted molar refractivity (Wildman–Crippen MR) is 74.4 cm³/mol. The number of ether oxygens (including phenoxy) is 1. The van der Waals surface area contributed by atoms with Crippen LogP contribution in [0.4, 0.5) is 4.79 Å². The third kappa shape index (κ3) is 3.08. The van der Waals surface area contributed by atoms with E-state index in [0.717, 1.165) is 12.2 Å². The molecule has 3 heterocycles. The van der Waals surface area contributed by atoms with Gasteiger partial charge in [0, 0.05) is 26.0 Å². The van der Waals surface area contributed by atoms with E-state index in [-0.39, 0.29) is 18.2 Å². The number of aryl methyl sites for hydroxylation is 1. The van der Waals surface area contributed by atoms with Crippen molar-refractivity contribution in [3.05, 3.63) is 42.4 Å². The molecule has 21 heavy (non-hydrogen) atoms. The van der Waals surface area contributed by atoms with Gasteiger partial charge in [-0.05, 0) is 18.6 Å². The minimum Gasteiger partial charge on any atom is -0.467 e. The molecule has 2 atom stereocenters. The molecule has 2 aromatic rings. The lowest BCUT2D eigenvalue weighted by molar-refractivity contribution is 0.0908. The molecule has 0 bridgehead atoms. The third-order valence-corrected chi connectivity index (χ3v) is 3.52. The molecule has 0 radical (unpaired) electrons. The highest BCUT2D eigenvalue weighted by atomic mass is 16.5. The van der Waals surface area contributed by atoms with Crippen molar-refractivity contribution in [3.8, 4) is 0 Å². The molecule has 0 spiro atoms. The lowest BCUT2D eigenvalue weighted by Crippen LogP contribution is -2.43. The van der Waals surface area contributed by atoms with Crippen LogP contribution < -0.4 is 10.6 Å². The molecule has 0 aliphatic carbocycles. The molecule has 7 nitrogen and oxygen atoms in total. The summed E-state index contributed by atoms with van der Waals surface area (Å²) in [5.74, 6) is 1.54. The van der Waals surface area contributed by atoms with E-state index in [0.29, 0.717) is 18.9 Å². The summed E-state index contributed by atoms with van der Waals surface area (Å²) in [5, 5.41) is 5.70. The highest BCUT2D eigenvalue weighted by molar-refractivity contribution is 5.74.